The summed E-state index contributed by atoms with van der Waals surface area (Å²) in [6.45, 7) is 5.68. The summed E-state index contributed by atoms with van der Waals surface area (Å²) in [6, 6.07) is 0.162. The zero-order chi connectivity index (χ0) is 12.1. The van der Waals surface area contributed by atoms with E-state index in [9.17, 15) is 4.79 Å². The number of methoxy groups -OCH3 is 2. The lowest BCUT2D eigenvalue weighted by atomic mass is 9.98. The SMILES string of the molecule is CCC(C)NC(C)(C(N)=O)C(OC)OC. The first-order valence-electron chi connectivity index (χ1n) is 5.05. The van der Waals surface area contributed by atoms with E-state index < -0.39 is 17.7 Å². The number of nitrogens with one attached hydrogen (secondary N) is 1. The molecule has 5 heteroatoms. The van der Waals surface area contributed by atoms with Crippen LogP contribution in [-0.2, 0) is 14.3 Å². The number of primary amides is 1. The van der Waals surface area contributed by atoms with Crippen LogP contribution < -0.4 is 11.1 Å². The van der Waals surface area contributed by atoms with Crippen LogP contribution in [0.15, 0.2) is 0 Å². The Bertz CT molecular complexity index is 207. The Hall–Kier alpha value is -0.650. The van der Waals surface area contributed by atoms with Crippen molar-refractivity contribution in [1.82, 2.24) is 5.32 Å². The van der Waals surface area contributed by atoms with Crippen LogP contribution in [0.25, 0.3) is 0 Å². The first-order valence-corrected chi connectivity index (χ1v) is 5.05. The third kappa shape index (κ3) is 3.44. The minimum atomic E-state index is -1.01. The van der Waals surface area contributed by atoms with Crippen LogP contribution in [0.3, 0.4) is 0 Å². The highest BCUT2D eigenvalue weighted by Crippen LogP contribution is 2.15. The summed E-state index contributed by atoms with van der Waals surface area (Å²) in [4.78, 5) is 11.4. The van der Waals surface area contributed by atoms with E-state index in [2.05, 4.69) is 5.32 Å². The smallest absolute Gasteiger partial charge is 0.242 e. The molecule has 2 unspecified atom stereocenters. The molecular formula is C10H22N2O3. The van der Waals surface area contributed by atoms with Crippen LogP contribution in [-0.4, -0.2) is 38.0 Å². The van der Waals surface area contributed by atoms with E-state index >= 15 is 0 Å². The largest absolute Gasteiger partial charge is 0.368 e. The molecule has 0 aliphatic rings. The van der Waals surface area contributed by atoms with Gasteiger partial charge in [0.25, 0.3) is 0 Å². The molecule has 3 N–H and O–H groups in total. The molecule has 0 aromatic rings. The maximum Gasteiger partial charge on any atom is 0.242 e. The van der Waals surface area contributed by atoms with Crippen molar-refractivity contribution in [1.29, 1.82) is 0 Å². The normalized spacial score (nSPS) is 17.5. The van der Waals surface area contributed by atoms with Crippen molar-refractivity contribution >= 4 is 5.91 Å². The van der Waals surface area contributed by atoms with Crippen LogP contribution in [0.4, 0.5) is 0 Å². The highest BCUT2D eigenvalue weighted by Gasteiger charge is 2.41. The molecule has 0 saturated heterocycles. The fraction of sp³-hybridized carbons (Fsp3) is 0.900. The van der Waals surface area contributed by atoms with E-state index in [-0.39, 0.29) is 6.04 Å². The number of ether oxygens (including phenoxy) is 2. The highest BCUT2D eigenvalue weighted by molar-refractivity contribution is 5.84. The molecule has 2 atom stereocenters. The van der Waals surface area contributed by atoms with Gasteiger partial charge < -0.3 is 15.2 Å². The third-order valence-corrected chi connectivity index (χ3v) is 2.57. The van der Waals surface area contributed by atoms with Gasteiger partial charge in [0.05, 0.1) is 0 Å². The maximum absolute atomic E-state index is 11.4. The molecule has 5 nitrogen and oxygen atoms in total. The quantitative estimate of drug-likeness (QED) is 0.600. The van der Waals surface area contributed by atoms with Crippen LogP contribution in [0.5, 0.6) is 0 Å². The van der Waals surface area contributed by atoms with Gasteiger partial charge in [-0.05, 0) is 20.3 Å². The van der Waals surface area contributed by atoms with Crippen molar-refractivity contribution in [2.24, 2.45) is 5.73 Å². The number of hydrogen-bond acceptors (Lipinski definition) is 4. The topological polar surface area (TPSA) is 73.6 Å². The lowest BCUT2D eigenvalue weighted by Crippen LogP contribution is -2.63. The fourth-order valence-electron chi connectivity index (χ4n) is 1.44. The van der Waals surface area contributed by atoms with Crippen molar-refractivity contribution < 1.29 is 14.3 Å². The molecule has 1 amide bonds. The van der Waals surface area contributed by atoms with E-state index in [1.165, 1.54) is 14.2 Å². The van der Waals surface area contributed by atoms with E-state index in [1.807, 2.05) is 13.8 Å². The maximum atomic E-state index is 11.4. The van der Waals surface area contributed by atoms with Gasteiger partial charge in [-0.1, -0.05) is 6.92 Å². The first kappa shape index (κ1) is 14.3. The van der Waals surface area contributed by atoms with Gasteiger partial charge in [0, 0.05) is 20.3 Å². The molecule has 0 aromatic carbocycles. The molecule has 0 aliphatic carbocycles. The first-order chi connectivity index (χ1) is 6.92. The average Bonchev–Trinajstić information content (AvgIpc) is 2.19. The highest BCUT2D eigenvalue weighted by atomic mass is 16.7. The molecule has 0 aromatic heterocycles. The summed E-state index contributed by atoms with van der Waals surface area (Å²) in [7, 11) is 2.96. The molecular weight excluding hydrogens is 196 g/mol. The Labute approximate surface area is 91.3 Å². The van der Waals surface area contributed by atoms with Crippen molar-refractivity contribution in [3.63, 3.8) is 0 Å². The number of carbonyl (C=O) groups excluding carboxylic acids is 1. The van der Waals surface area contributed by atoms with Gasteiger partial charge >= 0.3 is 0 Å². The standard InChI is InChI=1S/C10H22N2O3/c1-6-7(2)12-10(3,8(11)13)9(14-4)15-5/h7,9,12H,6H2,1-5H3,(H2,11,13). The summed E-state index contributed by atoms with van der Waals surface area (Å²) in [5.41, 5.74) is 4.35. The van der Waals surface area contributed by atoms with E-state index in [4.69, 9.17) is 15.2 Å². The fourth-order valence-corrected chi connectivity index (χ4v) is 1.44. The summed E-state index contributed by atoms with van der Waals surface area (Å²) in [5.74, 6) is -0.489. The summed E-state index contributed by atoms with van der Waals surface area (Å²) < 4.78 is 10.2. The minimum Gasteiger partial charge on any atom is -0.368 e. The summed E-state index contributed by atoms with van der Waals surface area (Å²) in [5, 5.41) is 3.12. The monoisotopic (exact) mass is 218 g/mol. The third-order valence-electron chi connectivity index (χ3n) is 2.57. The predicted molar refractivity (Wildman–Crippen MR) is 58.3 cm³/mol. The number of carbonyl (C=O) groups is 1. The Morgan fingerprint density at radius 1 is 1.47 bits per heavy atom. The van der Waals surface area contributed by atoms with Gasteiger partial charge in [0.2, 0.25) is 5.91 Å². The molecule has 0 spiro atoms. The molecule has 0 heterocycles. The molecule has 0 fully saturated rings. The minimum absolute atomic E-state index is 0.162. The number of rotatable bonds is 7. The predicted octanol–water partition coefficient (Wildman–Crippen LogP) is 0.237. The lowest BCUT2D eigenvalue weighted by Gasteiger charge is -2.35. The summed E-state index contributed by atoms with van der Waals surface area (Å²) in [6.07, 6.45) is 0.201. The van der Waals surface area contributed by atoms with E-state index in [1.54, 1.807) is 6.92 Å². The average molecular weight is 218 g/mol. The second kappa shape index (κ2) is 6.05. The van der Waals surface area contributed by atoms with E-state index in [0.29, 0.717) is 0 Å². The molecule has 0 bridgehead atoms. The summed E-state index contributed by atoms with van der Waals surface area (Å²) >= 11 is 0. The van der Waals surface area contributed by atoms with E-state index in [0.717, 1.165) is 6.42 Å². The molecule has 0 rings (SSSR count). The van der Waals surface area contributed by atoms with Crippen molar-refractivity contribution in [3.05, 3.63) is 0 Å². The second-order valence-corrected chi connectivity index (χ2v) is 3.82. The van der Waals surface area contributed by atoms with Crippen LogP contribution in [0.2, 0.25) is 0 Å². The zero-order valence-electron chi connectivity index (χ0n) is 10.2. The van der Waals surface area contributed by atoms with Gasteiger partial charge in [-0.25, -0.2) is 0 Å². The Morgan fingerprint density at radius 3 is 2.20 bits per heavy atom. The number of nitrogens with two attached hydrogens (primary N) is 1. The van der Waals surface area contributed by atoms with Crippen LogP contribution >= 0.6 is 0 Å². The van der Waals surface area contributed by atoms with Crippen molar-refractivity contribution in [3.8, 4) is 0 Å². The zero-order valence-corrected chi connectivity index (χ0v) is 10.2. The molecule has 90 valence electrons. The van der Waals surface area contributed by atoms with Gasteiger partial charge in [-0.15, -0.1) is 0 Å². The Balaban J connectivity index is 4.79. The lowest BCUT2D eigenvalue weighted by molar-refractivity contribution is -0.167. The number of hydrogen-bond donors (Lipinski definition) is 2. The molecule has 0 radical (unpaired) electrons. The van der Waals surface area contributed by atoms with Crippen molar-refractivity contribution in [2.45, 2.75) is 45.1 Å². The van der Waals surface area contributed by atoms with Gasteiger partial charge in [0.1, 0.15) is 5.54 Å². The van der Waals surface area contributed by atoms with Crippen molar-refractivity contribution in [2.75, 3.05) is 14.2 Å². The van der Waals surface area contributed by atoms with Gasteiger partial charge in [-0.3, -0.25) is 10.1 Å². The molecule has 15 heavy (non-hydrogen) atoms. The van der Waals surface area contributed by atoms with Gasteiger partial charge in [0.15, 0.2) is 6.29 Å². The van der Waals surface area contributed by atoms with Gasteiger partial charge in [-0.2, -0.15) is 0 Å². The second-order valence-electron chi connectivity index (χ2n) is 3.82. The number of amides is 1. The van der Waals surface area contributed by atoms with Crippen LogP contribution in [0, 0.1) is 0 Å². The van der Waals surface area contributed by atoms with Crippen LogP contribution in [0.1, 0.15) is 27.2 Å². The Morgan fingerprint density at radius 2 is 1.93 bits per heavy atom. The molecule has 0 saturated carbocycles. The molecule has 0 aliphatic heterocycles. The Kier molecular flexibility index (Phi) is 5.79.